The lowest BCUT2D eigenvalue weighted by Crippen LogP contribution is -2.65. The van der Waals surface area contributed by atoms with Crippen molar-refractivity contribution in [3.05, 3.63) is 64.2 Å². The molecule has 15 amide bonds. The molecule has 0 saturated carbocycles. The van der Waals surface area contributed by atoms with Gasteiger partial charge in [-0.2, -0.15) is 0 Å². The summed E-state index contributed by atoms with van der Waals surface area (Å²) in [5.74, 6) is -16.1. The number of carbonyl (C=O) groups excluding carboxylic acids is 15. The van der Waals surface area contributed by atoms with Gasteiger partial charge in [-0.1, -0.05) is 0 Å². The molecule has 5 aromatic rings. The highest BCUT2D eigenvalue weighted by atomic mass is 19.1. The van der Waals surface area contributed by atoms with Crippen LogP contribution in [-0.4, -0.2) is 318 Å². The first-order chi connectivity index (χ1) is 61.7. The maximum atomic E-state index is 15.6. The average molecular weight is 1830 g/mol. The van der Waals surface area contributed by atoms with Crippen molar-refractivity contribution in [3.63, 3.8) is 0 Å². The van der Waals surface area contributed by atoms with Crippen LogP contribution in [0.3, 0.4) is 0 Å². The zero-order valence-corrected chi connectivity index (χ0v) is 71.6. The van der Waals surface area contributed by atoms with Gasteiger partial charge < -0.3 is 125 Å². The van der Waals surface area contributed by atoms with E-state index in [1.807, 2.05) is 0 Å². The van der Waals surface area contributed by atoms with Crippen LogP contribution in [0.4, 0.5) is 21.6 Å². The number of aromatic hydroxyl groups is 2. The van der Waals surface area contributed by atoms with Gasteiger partial charge in [-0.15, -0.1) is 0 Å². The van der Waals surface area contributed by atoms with Crippen LogP contribution in [-0.2, 0) is 79.0 Å². The predicted molar refractivity (Wildman–Crippen MR) is 454 cm³/mol. The number of carbonyl (C=O) groups is 16. The summed E-state index contributed by atoms with van der Waals surface area (Å²) in [5, 5.41) is 137. The van der Waals surface area contributed by atoms with Crippen molar-refractivity contribution >= 4 is 152 Å². The van der Waals surface area contributed by atoms with E-state index in [9.17, 15) is 128 Å². The zero-order valence-electron chi connectivity index (χ0n) is 71.6. The number of hydroxylamine groups is 4. The number of nitrogens with two attached hydrogens (primary N) is 1. The first-order valence-electron chi connectivity index (χ1n) is 41.8. The number of amides is 15. The number of aliphatic hydroxyl groups excluding tert-OH is 4. The molecule has 2 saturated heterocycles. The first kappa shape index (κ1) is 102. The smallest absolute Gasteiger partial charge is 0.341 e. The van der Waals surface area contributed by atoms with Gasteiger partial charge in [0.25, 0.3) is 11.7 Å². The fraction of sp³-hybridized carbons (Fsp3) is 0.525. The van der Waals surface area contributed by atoms with Crippen LogP contribution in [0.2, 0.25) is 0 Å². The second-order valence-corrected chi connectivity index (χ2v) is 31.6. The van der Waals surface area contributed by atoms with Gasteiger partial charge in [0.1, 0.15) is 76.1 Å². The van der Waals surface area contributed by atoms with E-state index in [0.29, 0.717) is 5.52 Å². The van der Waals surface area contributed by atoms with Crippen LogP contribution >= 0.6 is 0 Å². The molecular formula is C80H111FN23O26+. The second-order valence-electron chi connectivity index (χ2n) is 31.6. The van der Waals surface area contributed by atoms with Crippen LogP contribution in [0.5, 0.6) is 11.5 Å². The number of benzene rings is 2. The molecule has 8 rings (SSSR count). The van der Waals surface area contributed by atoms with Crippen molar-refractivity contribution < 1.29 is 132 Å². The van der Waals surface area contributed by atoms with Crippen LogP contribution in [0.1, 0.15) is 127 Å². The molecule has 0 spiro atoms. The molecule has 2 aromatic carbocycles. The van der Waals surface area contributed by atoms with Crippen molar-refractivity contribution in [2.45, 2.75) is 177 Å². The lowest BCUT2D eigenvalue weighted by Gasteiger charge is -2.36. The number of hydrogen-bond donors (Lipinski definition) is 25. The maximum absolute atomic E-state index is 15.6. The standard InChI is InChI=1S/C80H110FN23O26/c1-41(109)64-75(124)87-19-6-5-10-50(70(119)91-49(12-8-24-102(129)39-107)71(120)96-65(42(2)110)76(125)97-64)95-78(128)80(3,18-9-25-103(130)40-108)98-73(122)54(38-106)93-69(118)48(11-7-20-88-79(82)83)92-72(121)53(37-105)94-74(123)55-17-21-86-68-52(32-44-33-58(111)59(112)35-56(44)104(55)68)89-62(115)14-13-60(113)84-22-23-85-61(114)15-16-63(116)101-28-26-100(27-29-101)57-34-51-43(31-47(57)81)30-45-66(117)46(77(126)127)36-99(4)67(45)90-51/h30-36,39-42,48-50,53-55,64-65,105-106,109-110,129-130H,5-29,37-38H2,1-4H3,(H19,82,83,84,85,86,87,88,89,91,92,93,94,95,96,97,98,111,112,113,114,115,118,119,120,121,122,123,124,125,126,127,128)/p+1/t41?,42?,48-,49-,50-,53+,54+,55-,64+,65-,80-/m0/s1. The van der Waals surface area contributed by atoms with Crippen molar-refractivity contribution in [1.82, 2.24) is 88.4 Å². The summed E-state index contributed by atoms with van der Waals surface area (Å²) in [7, 11) is 1.53. The van der Waals surface area contributed by atoms with Gasteiger partial charge in [-0.05, 0) is 109 Å². The highest BCUT2D eigenvalue weighted by Crippen LogP contribution is 2.36. The molecule has 708 valence electrons. The fourth-order valence-corrected chi connectivity index (χ4v) is 14.7. The Morgan fingerprint density at radius 2 is 1.30 bits per heavy atom. The summed E-state index contributed by atoms with van der Waals surface area (Å²) < 4.78 is 18.3. The molecular weight excluding hydrogens is 1720 g/mol. The third-order valence-electron chi connectivity index (χ3n) is 21.8. The molecule has 3 aliphatic heterocycles. The molecule has 6 heterocycles. The summed E-state index contributed by atoms with van der Waals surface area (Å²) in [5.41, 5.74) is 2.83. The molecule has 3 aromatic heterocycles. The number of phenolic OH excluding ortho intramolecular Hbond substituents is 2. The van der Waals surface area contributed by atoms with E-state index in [1.54, 1.807) is 4.90 Å². The van der Waals surface area contributed by atoms with Gasteiger partial charge in [0.2, 0.25) is 89.1 Å². The van der Waals surface area contributed by atoms with Crippen LogP contribution < -0.4 is 95.1 Å². The Labute approximate surface area is 740 Å². The average Bonchev–Trinajstić information content (AvgIpc) is 0.753. The number of pyridine rings is 3. The minimum Gasteiger partial charge on any atom is -0.504 e. The quantitative estimate of drug-likeness (QED) is 0.00199. The maximum Gasteiger partial charge on any atom is 0.341 e. The minimum atomic E-state index is -2.25. The number of carboxylic acid groups (broad SMARTS) is 1. The third kappa shape index (κ3) is 27.6. The summed E-state index contributed by atoms with van der Waals surface area (Å²) >= 11 is 0. The number of aliphatic hydroxyl groups is 4. The van der Waals surface area contributed by atoms with E-state index < -0.39 is 216 Å². The van der Waals surface area contributed by atoms with Gasteiger partial charge in [0.15, 0.2) is 23.5 Å². The number of hydrogen-bond acceptors (Lipinski definition) is 29. The number of guanidine groups is 1. The normalized spacial score (nSPS) is 18.4. The lowest BCUT2D eigenvalue weighted by atomic mass is 9.92. The summed E-state index contributed by atoms with van der Waals surface area (Å²) in [4.78, 5) is 236. The number of rotatable bonds is 40. The number of carboxylic acids is 1. The van der Waals surface area contributed by atoms with E-state index in [1.165, 1.54) is 52.3 Å². The Kier molecular flexibility index (Phi) is 36.9. The van der Waals surface area contributed by atoms with Gasteiger partial charge in [-0.25, -0.2) is 28.9 Å². The molecule has 2 unspecified atom stereocenters. The molecule has 11 atom stereocenters. The molecule has 130 heavy (non-hydrogen) atoms. The number of nitrogens with one attached hydrogen (secondary N) is 15. The Morgan fingerprint density at radius 1 is 0.692 bits per heavy atom. The molecule has 0 aliphatic carbocycles. The SMILES string of the molecule is CC(O)[C@@H]1NC(=O)[C@H](CCCN(O)C=O)NC(=O)[C@@H](NC(=O)[C@](C)(CCCN(O)C=O)NC(=O)[C@@H](CO)NC(=O)[C@H](CCCNC(=N)N)NC(=O)[C@@H](CO)NC(=O)[C@@H]2CCNc3c(NC(=O)CCC(=O)NCCNC(=O)CCC(=O)N4CCN(c5cc6nc7c(cc6cc5F)c(=O)c(C(=O)O)cn7C)CC4)cc4cc(O)c(O)cc4[n+]32)CCCCNC(=O)[C@@H](C(C)O)NC1=O. The Hall–Kier alpha value is -13.9. The van der Waals surface area contributed by atoms with Crippen molar-refractivity contribution in [2.75, 3.05) is 101 Å². The lowest BCUT2D eigenvalue weighted by molar-refractivity contribution is -0.674. The molecule has 2 fully saturated rings. The third-order valence-corrected chi connectivity index (χ3v) is 21.8. The number of nitrogens with zero attached hydrogens (tertiary/aromatic N) is 7. The second kappa shape index (κ2) is 47.3. The number of piperazine rings is 1. The van der Waals surface area contributed by atoms with Crippen molar-refractivity contribution in [2.24, 2.45) is 12.8 Å². The van der Waals surface area contributed by atoms with Gasteiger partial charge in [0, 0.05) is 128 Å². The fourth-order valence-electron chi connectivity index (χ4n) is 14.7. The van der Waals surface area contributed by atoms with E-state index in [0.717, 1.165) is 32.2 Å². The zero-order chi connectivity index (χ0) is 95.5. The van der Waals surface area contributed by atoms with Gasteiger partial charge in [-0.3, -0.25) is 97.9 Å². The number of phenols is 2. The van der Waals surface area contributed by atoms with E-state index in [2.05, 4.69) is 79.4 Å². The predicted octanol–water partition coefficient (Wildman–Crippen LogP) is -6.95. The summed E-state index contributed by atoms with van der Waals surface area (Å²) in [6.07, 6.45) is -5.25. The first-order valence-corrected chi connectivity index (χ1v) is 41.8. The monoisotopic (exact) mass is 1830 g/mol. The Bertz CT molecular complexity index is 5130. The molecule has 0 bridgehead atoms. The Morgan fingerprint density at radius 3 is 1.94 bits per heavy atom. The number of aromatic carboxylic acids is 1. The summed E-state index contributed by atoms with van der Waals surface area (Å²) in [6, 6.07) is -6.07. The van der Waals surface area contributed by atoms with Gasteiger partial charge >= 0.3 is 5.97 Å². The number of fused-ring (bicyclic) bond motifs is 5. The van der Waals surface area contributed by atoms with E-state index >= 15 is 4.39 Å². The number of anilines is 3. The highest BCUT2D eigenvalue weighted by Gasteiger charge is 2.43. The Balaban J connectivity index is 0.883. The number of halogens is 1. The van der Waals surface area contributed by atoms with Gasteiger partial charge in [0.05, 0.1) is 48.6 Å². The van der Waals surface area contributed by atoms with Crippen LogP contribution in [0.25, 0.3) is 32.8 Å². The molecule has 3 aliphatic rings. The topological polar surface area (TPSA) is 725 Å². The van der Waals surface area contributed by atoms with Crippen molar-refractivity contribution in [3.8, 4) is 11.5 Å². The molecule has 0 radical (unpaired) electrons. The highest BCUT2D eigenvalue weighted by molar-refractivity contribution is 6.02. The van der Waals surface area contributed by atoms with Crippen LogP contribution in [0.15, 0.2) is 47.4 Å². The molecule has 49 nitrogen and oxygen atoms in total. The number of aromatic nitrogens is 3. The van der Waals surface area contributed by atoms with Crippen molar-refractivity contribution in [1.29, 1.82) is 5.41 Å². The molecule has 50 heteroatoms. The minimum absolute atomic E-state index is 0.00409. The number of aryl methyl sites for hydroxylation is 1. The van der Waals surface area contributed by atoms with Crippen LogP contribution in [0, 0.1) is 11.2 Å². The molecule has 26 N–H and O–H groups in total. The largest absolute Gasteiger partial charge is 0.504 e. The summed E-state index contributed by atoms with van der Waals surface area (Å²) in [6.45, 7) is 0.643. The van der Waals surface area contributed by atoms with E-state index in [-0.39, 0.29) is 209 Å². The van der Waals surface area contributed by atoms with E-state index in [4.69, 9.17) is 11.1 Å².